The Labute approximate surface area is 198 Å². The highest BCUT2D eigenvalue weighted by molar-refractivity contribution is 5.99. The van der Waals surface area contributed by atoms with Crippen LogP contribution in [-0.2, 0) is 24.3 Å². The normalized spacial score (nSPS) is 18.5. The molecule has 0 saturated carbocycles. The number of hydrogen-bond donors (Lipinski definition) is 2. The van der Waals surface area contributed by atoms with Crippen LogP contribution in [0.2, 0.25) is 0 Å². The molecule has 1 amide bonds. The molecule has 9 nitrogen and oxygen atoms in total. The van der Waals surface area contributed by atoms with Crippen molar-refractivity contribution in [2.75, 3.05) is 24.6 Å². The zero-order valence-electron chi connectivity index (χ0n) is 19.4. The van der Waals surface area contributed by atoms with Crippen molar-refractivity contribution in [2.24, 2.45) is 16.8 Å². The van der Waals surface area contributed by atoms with E-state index in [-0.39, 0.29) is 17.9 Å². The van der Waals surface area contributed by atoms with Crippen LogP contribution >= 0.6 is 0 Å². The molecule has 0 aliphatic carbocycles. The average molecular weight is 463 g/mol. The fourth-order valence-electron chi connectivity index (χ4n) is 5.33. The number of likely N-dealkylation sites (tertiary alicyclic amines) is 1. The van der Waals surface area contributed by atoms with Gasteiger partial charge < -0.3 is 20.4 Å². The van der Waals surface area contributed by atoms with Crippen molar-refractivity contribution >= 4 is 23.9 Å². The summed E-state index contributed by atoms with van der Waals surface area (Å²) in [5.41, 5.74) is 6.66. The van der Waals surface area contributed by atoms with E-state index in [2.05, 4.69) is 23.0 Å². The number of rotatable bonds is 6. The summed E-state index contributed by atoms with van der Waals surface area (Å²) in [5, 5.41) is 4.79. The summed E-state index contributed by atoms with van der Waals surface area (Å²) in [5.74, 6) is 11.0. The molecule has 4 N–H and O–H groups in total. The second kappa shape index (κ2) is 9.08. The third-order valence-corrected chi connectivity index (χ3v) is 7.38. The van der Waals surface area contributed by atoms with Crippen LogP contribution in [0, 0.1) is 6.92 Å². The van der Waals surface area contributed by atoms with Gasteiger partial charge in [0.15, 0.2) is 0 Å². The van der Waals surface area contributed by atoms with Crippen LogP contribution in [-0.4, -0.2) is 53.7 Å². The smallest absolute Gasteiger partial charge is 0.338 e. The number of anilines is 1. The van der Waals surface area contributed by atoms with E-state index in [1.807, 2.05) is 29.2 Å². The van der Waals surface area contributed by atoms with Crippen molar-refractivity contribution in [3.8, 4) is 0 Å². The van der Waals surface area contributed by atoms with Crippen LogP contribution in [0.4, 0.5) is 5.69 Å². The van der Waals surface area contributed by atoms with Gasteiger partial charge in [0.25, 0.3) is 5.91 Å². The lowest BCUT2D eigenvalue weighted by Gasteiger charge is -2.36. The second-order valence-corrected chi connectivity index (χ2v) is 9.22. The van der Waals surface area contributed by atoms with Gasteiger partial charge in [0.1, 0.15) is 12.9 Å². The fourth-order valence-corrected chi connectivity index (χ4v) is 5.33. The van der Waals surface area contributed by atoms with Crippen LogP contribution in [0.15, 0.2) is 35.4 Å². The number of carbonyl (C=O) groups is 2. The minimum absolute atomic E-state index is 0.0987. The van der Waals surface area contributed by atoms with Gasteiger partial charge >= 0.3 is 5.97 Å². The van der Waals surface area contributed by atoms with Gasteiger partial charge in [-0.15, -0.1) is 0 Å². The molecule has 2 aromatic rings. The highest BCUT2D eigenvalue weighted by Crippen LogP contribution is 2.31. The van der Waals surface area contributed by atoms with E-state index in [1.165, 1.54) is 22.5 Å². The number of hydrazone groups is 1. The molecule has 0 unspecified atom stereocenters. The SMILES string of the molecule is Cc1c(CCN2CCC(N3Cc4cc(N(N)/C=N\N)ccc4C3=O)CC2)ccc2c1COC2=O. The molecule has 9 heteroatoms. The van der Waals surface area contributed by atoms with E-state index in [0.29, 0.717) is 18.7 Å². The Hall–Kier alpha value is -3.43. The summed E-state index contributed by atoms with van der Waals surface area (Å²) in [6.07, 6.45) is 4.20. The van der Waals surface area contributed by atoms with E-state index >= 15 is 0 Å². The quantitative estimate of drug-likeness (QED) is 0.221. The standard InChI is InChI=1S/C25H30N6O3/c1-16-17(2-4-22-23(16)14-34-25(22)33)6-9-29-10-7-19(8-11-29)30-13-18-12-20(31(27)15-28-26)3-5-21(18)24(30)32/h2-5,12,15,19H,6-11,13-14,26-27H2,1H3/b28-15-. The fraction of sp³-hybridized carbons (Fsp3) is 0.400. The van der Waals surface area contributed by atoms with Gasteiger partial charge in [-0.1, -0.05) is 6.07 Å². The van der Waals surface area contributed by atoms with Crippen LogP contribution in [0.5, 0.6) is 0 Å². The minimum Gasteiger partial charge on any atom is -0.457 e. The summed E-state index contributed by atoms with van der Waals surface area (Å²) >= 11 is 0. The maximum Gasteiger partial charge on any atom is 0.338 e. The zero-order chi connectivity index (χ0) is 23.8. The monoisotopic (exact) mass is 462 g/mol. The maximum atomic E-state index is 13.0. The Morgan fingerprint density at radius 1 is 1.18 bits per heavy atom. The highest BCUT2D eigenvalue weighted by atomic mass is 16.5. The molecule has 0 atom stereocenters. The zero-order valence-corrected chi connectivity index (χ0v) is 19.4. The first-order valence-corrected chi connectivity index (χ1v) is 11.7. The number of hydrogen-bond acceptors (Lipinski definition) is 7. The van der Waals surface area contributed by atoms with Crippen molar-refractivity contribution in [3.05, 3.63) is 63.7 Å². The van der Waals surface area contributed by atoms with Crippen molar-refractivity contribution in [1.29, 1.82) is 0 Å². The average Bonchev–Trinajstić information content (AvgIpc) is 3.39. The van der Waals surface area contributed by atoms with Gasteiger partial charge in [-0.2, -0.15) is 5.10 Å². The molecule has 0 bridgehead atoms. The van der Waals surface area contributed by atoms with Gasteiger partial charge in [0, 0.05) is 43.3 Å². The molecule has 5 rings (SSSR count). The Kier molecular flexibility index (Phi) is 5.97. The van der Waals surface area contributed by atoms with Gasteiger partial charge in [0.2, 0.25) is 0 Å². The van der Waals surface area contributed by atoms with Crippen molar-refractivity contribution in [3.63, 3.8) is 0 Å². The molecular formula is C25H30N6O3. The van der Waals surface area contributed by atoms with Crippen LogP contribution in [0.3, 0.4) is 0 Å². The number of benzene rings is 2. The Bertz CT molecular complexity index is 1160. The molecule has 2 aromatic carbocycles. The largest absolute Gasteiger partial charge is 0.457 e. The van der Waals surface area contributed by atoms with Crippen LogP contribution < -0.4 is 16.7 Å². The van der Waals surface area contributed by atoms with E-state index in [1.54, 1.807) is 0 Å². The summed E-state index contributed by atoms with van der Waals surface area (Å²) in [6.45, 7) is 5.97. The number of carbonyl (C=O) groups excluding carboxylic acids is 2. The Balaban J connectivity index is 1.17. The van der Waals surface area contributed by atoms with Gasteiger partial charge in [0.05, 0.1) is 11.3 Å². The number of piperidine rings is 1. The molecule has 1 fully saturated rings. The number of cyclic esters (lactones) is 1. The highest BCUT2D eigenvalue weighted by Gasteiger charge is 2.34. The van der Waals surface area contributed by atoms with E-state index in [4.69, 9.17) is 16.4 Å². The predicted molar refractivity (Wildman–Crippen MR) is 129 cm³/mol. The molecule has 1 saturated heterocycles. The van der Waals surface area contributed by atoms with Crippen molar-refractivity contribution < 1.29 is 14.3 Å². The Morgan fingerprint density at radius 3 is 2.71 bits per heavy atom. The molecule has 178 valence electrons. The lowest BCUT2D eigenvalue weighted by molar-refractivity contribution is 0.0533. The van der Waals surface area contributed by atoms with Gasteiger partial charge in [-0.3, -0.25) is 9.80 Å². The number of ether oxygens (including phenoxy) is 1. The summed E-state index contributed by atoms with van der Waals surface area (Å²) < 4.78 is 5.17. The van der Waals surface area contributed by atoms with Crippen LogP contribution in [0.1, 0.15) is 55.8 Å². The third-order valence-electron chi connectivity index (χ3n) is 7.38. The summed E-state index contributed by atoms with van der Waals surface area (Å²) in [7, 11) is 0. The number of fused-ring (bicyclic) bond motifs is 2. The van der Waals surface area contributed by atoms with Gasteiger partial charge in [-0.25, -0.2) is 10.6 Å². The molecular weight excluding hydrogens is 432 g/mol. The molecule has 34 heavy (non-hydrogen) atoms. The minimum atomic E-state index is -0.216. The second-order valence-electron chi connectivity index (χ2n) is 9.22. The van der Waals surface area contributed by atoms with Crippen molar-refractivity contribution in [1.82, 2.24) is 9.80 Å². The first-order valence-electron chi connectivity index (χ1n) is 11.7. The molecule has 3 aliphatic heterocycles. The van der Waals surface area contributed by atoms with Crippen molar-refractivity contribution in [2.45, 2.75) is 45.4 Å². The van der Waals surface area contributed by atoms with E-state index < -0.39 is 0 Å². The van der Waals surface area contributed by atoms with E-state index in [0.717, 1.165) is 61.3 Å². The Morgan fingerprint density at radius 2 is 1.94 bits per heavy atom. The summed E-state index contributed by atoms with van der Waals surface area (Å²) in [4.78, 5) is 29.3. The van der Waals surface area contributed by atoms with Gasteiger partial charge in [-0.05, 0) is 67.1 Å². The topological polar surface area (TPSA) is 117 Å². The molecule has 0 radical (unpaired) electrons. The molecule has 0 aromatic heterocycles. The third kappa shape index (κ3) is 4.01. The predicted octanol–water partition coefficient (Wildman–Crippen LogP) is 1.91. The number of nitrogens with two attached hydrogens (primary N) is 2. The first-order chi connectivity index (χ1) is 16.5. The number of esters is 1. The van der Waals surface area contributed by atoms with Crippen LogP contribution in [0.25, 0.3) is 0 Å². The lowest BCUT2D eigenvalue weighted by Crippen LogP contribution is -2.45. The maximum absolute atomic E-state index is 13.0. The van der Waals surface area contributed by atoms with E-state index in [9.17, 15) is 9.59 Å². The number of hydrazine groups is 1. The molecule has 3 aliphatic rings. The first kappa shape index (κ1) is 22.4. The number of amides is 1. The lowest BCUT2D eigenvalue weighted by atomic mass is 9.96. The summed E-state index contributed by atoms with van der Waals surface area (Å²) in [6, 6.07) is 9.78. The number of nitrogens with zero attached hydrogens (tertiary/aromatic N) is 4. The molecule has 3 heterocycles. The molecule has 0 spiro atoms.